The van der Waals surface area contributed by atoms with Gasteiger partial charge >= 0.3 is 0 Å². The Bertz CT molecular complexity index is 1070. The first-order valence-corrected chi connectivity index (χ1v) is 8.90. The standard InChI is InChI=1S/C18H17ClN6O2/c1-24(18(27)15-9-20-13-4-2-3-5-14(13)21-15)11-6-7-25(10-11)16-8-12(19)17(26)23-22-16/h2-5,8-9,11H,6-7,10H2,1H3,(H,23,26). The molecule has 1 aliphatic rings. The minimum Gasteiger partial charge on any atom is -0.353 e. The predicted molar refractivity (Wildman–Crippen MR) is 102 cm³/mol. The molecule has 3 heterocycles. The molecule has 27 heavy (non-hydrogen) atoms. The van der Waals surface area contributed by atoms with Crippen LogP contribution in [0.1, 0.15) is 16.9 Å². The molecule has 0 spiro atoms. The molecule has 0 bridgehead atoms. The summed E-state index contributed by atoms with van der Waals surface area (Å²) in [6.45, 7) is 1.31. The number of halogens is 1. The zero-order chi connectivity index (χ0) is 19.0. The van der Waals surface area contributed by atoms with Crippen LogP contribution in [0.3, 0.4) is 0 Å². The molecule has 138 valence electrons. The summed E-state index contributed by atoms with van der Waals surface area (Å²) in [5.74, 6) is 0.418. The fourth-order valence-electron chi connectivity index (χ4n) is 3.21. The highest BCUT2D eigenvalue weighted by atomic mass is 35.5. The Morgan fingerprint density at radius 2 is 2.11 bits per heavy atom. The van der Waals surface area contributed by atoms with Gasteiger partial charge in [0.05, 0.1) is 23.3 Å². The second kappa shape index (κ2) is 6.96. The van der Waals surface area contributed by atoms with Crippen molar-refractivity contribution in [1.82, 2.24) is 25.1 Å². The number of benzene rings is 1. The van der Waals surface area contributed by atoms with E-state index in [1.54, 1.807) is 18.0 Å². The highest BCUT2D eigenvalue weighted by molar-refractivity contribution is 6.30. The van der Waals surface area contributed by atoms with Crippen molar-refractivity contribution >= 4 is 34.4 Å². The highest BCUT2D eigenvalue weighted by Gasteiger charge is 2.30. The number of fused-ring (bicyclic) bond motifs is 1. The molecule has 3 aromatic rings. The SMILES string of the molecule is CN(C(=O)c1cnc2ccccc2n1)C1CCN(c2cc(Cl)c(=O)[nH]n2)C1. The van der Waals surface area contributed by atoms with Gasteiger partial charge in [-0.25, -0.2) is 10.1 Å². The number of para-hydroxylation sites is 2. The summed E-state index contributed by atoms with van der Waals surface area (Å²) in [7, 11) is 1.76. The van der Waals surface area contributed by atoms with Gasteiger partial charge in [0.25, 0.3) is 11.5 Å². The van der Waals surface area contributed by atoms with Gasteiger partial charge in [0.15, 0.2) is 5.82 Å². The summed E-state index contributed by atoms with van der Waals surface area (Å²) in [5.41, 5.74) is 1.35. The van der Waals surface area contributed by atoms with E-state index in [1.807, 2.05) is 29.2 Å². The summed E-state index contributed by atoms with van der Waals surface area (Å²) in [6.07, 6.45) is 2.29. The quantitative estimate of drug-likeness (QED) is 0.738. The number of amides is 1. The first-order chi connectivity index (χ1) is 13.0. The molecule has 9 heteroatoms. The van der Waals surface area contributed by atoms with Crippen LogP contribution in [-0.2, 0) is 0 Å². The number of H-pyrrole nitrogens is 1. The molecule has 0 aliphatic carbocycles. The van der Waals surface area contributed by atoms with Gasteiger partial charge in [-0.1, -0.05) is 23.7 Å². The van der Waals surface area contributed by atoms with Crippen molar-refractivity contribution in [2.45, 2.75) is 12.5 Å². The van der Waals surface area contributed by atoms with Gasteiger partial charge in [0.1, 0.15) is 10.7 Å². The number of rotatable bonds is 3. The maximum Gasteiger partial charge on any atom is 0.283 e. The lowest BCUT2D eigenvalue weighted by Crippen LogP contribution is -2.39. The van der Waals surface area contributed by atoms with E-state index in [0.717, 1.165) is 11.9 Å². The molecule has 4 rings (SSSR count). The number of aromatic nitrogens is 4. The maximum atomic E-state index is 12.8. The van der Waals surface area contributed by atoms with Crippen molar-refractivity contribution in [3.63, 3.8) is 0 Å². The highest BCUT2D eigenvalue weighted by Crippen LogP contribution is 2.22. The molecule has 1 aromatic carbocycles. The zero-order valence-electron chi connectivity index (χ0n) is 14.6. The lowest BCUT2D eigenvalue weighted by atomic mass is 10.2. The second-order valence-electron chi connectivity index (χ2n) is 6.45. The molecule has 2 aromatic heterocycles. The van der Waals surface area contributed by atoms with Crippen molar-refractivity contribution in [3.8, 4) is 0 Å². The smallest absolute Gasteiger partial charge is 0.283 e. The third-order valence-corrected chi connectivity index (χ3v) is 5.05. The number of likely N-dealkylation sites (N-methyl/N-ethyl adjacent to an activating group) is 1. The first kappa shape index (κ1) is 17.4. The number of hydrogen-bond acceptors (Lipinski definition) is 6. The van der Waals surface area contributed by atoms with Crippen LogP contribution in [0.25, 0.3) is 11.0 Å². The monoisotopic (exact) mass is 384 g/mol. The minimum absolute atomic E-state index is 0.00160. The molecule has 8 nitrogen and oxygen atoms in total. The fourth-order valence-corrected chi connectivity index (χ4v) is 3.35. The maximum absolute atomic E-state index is 12.8. The normalized spacial score (nSPS) is 16.7. The van der Waals surface area contributed by atoms with E-state index in [0.29, 0.717) is 30.1 Å². The van der Waals surface area contributed by atoms with Crippen molar-refractivity contribution in [3.05, 3.63) is 57.6 Å². The Morgan fingerprint density at radius 3 is 2.89 bits per heavy atom. The van der Waals surface area contributed by atoms with Crippen molar-refractivity contribution in [2.24, 2.45) is 0 Å². The fraction of sp³-hybridized carbons (Fsp3) is 0.278. The first-order valence-electron chi connectivity index (χ1n) is 8.52. The summed E-state index contributed by atoms with van der Waals surface area (Å²) in [6, 6.07) is 8.98. The Morgan fingerprint density at radius 1 is 1.33 bits per heavy atom. The molecule has 1 saturated heterocycles. The topological polar surface area (TPSA) is 95.1 Å². The summed E-state index contributed by atoms with van der Waals surface area (Å²) < 4.78 is 0. The Balaban J connectivity index is 1.50. The summed E-state index contributed by atoms with van der Waals surface area (Å²) in [4.78, 5) is 36.6. The van der Waals surface area contributed by atoms with Crippen LogP contribution < -0.4 is 10.5 Å². The van der Waals surface area contributed by atoms with Crippen LogP contribution in [-0.4, -0.2) is 57.2 Å². The minimum atomic E-state index is -0.418. The number of nitrogens with one attached hydrogen (secondary N) is 1. The van der Waals surface area contributed by atoms with Gasteiger partial charge in [0, 0.05) is 26.2 Å². The van der Waals surface area contributed by atoms with E-state index < -0.39 is 5.56 Å². The van der Waals surface area contributed by atoms with Crippen molar-refractivity contribution < 1.29 is 4.79 Å². The van der Waals surface area contributed by atoms with Crippen LogP contribution in [0.5, 0.6) is 0 Å². The molecular weight excluding hydrogens is 368 g/mol. The third-order valence-electron chi connectivity index (χ3n) is 4.77. The van der Waals surface area contributed by atoms with Crippen LogP contribution in [0.4, 0.5) is 5.82 Å². The summed E-state index contributed by atoms with van der Waals surface area (Å²) >= 11 is 5.88. The number of carbonyl (C=O) groups excluding carboxylic acids is 1. The lowest BCUT2D eigenvalue weighted by molar-refractivity contribution is 0.0739. The van der Waals surface area contributed by atoms with E-state index in [2.05, 4.69) is 20.2 Å². The van der Waals surface area contributed by atoms with Crippen molar-refractivity contribution in [2.75, 3.05) is 25.0 Å². The van der Waals surface area contributed by atoms with Gasteiger partial charge in [-0.15, -0.1) is 0 Å². The van der Waals surface area contributed by atoms with E-state index in [1.165, 1.54) is 6.20 Å². The van der Waals surface area contributed by atoms with Gasteiger partial charge < -0.3 is 9.80 Å². The number of anilines is 1. The van der Waals surface area contributed by atoms with Gasteiger partial charge in [-0.2, -0.15) is 5.10 Å². The molecule has 0 saturated carbocycles. The number of carbonyl (C=O) groups is 1. The summed E-state index contributed by atoms with van der Waals surface area (Å²) in [5, 5.41) is 6.50. The van der Waals surface area contributed by atoms with Gasteiger partial charge in [-0.3, -0.25) is 14.6 Å². The largest absolute Gasteiger partial charge is 0.353 e. The zero-order valence-corrected chi connectivity index (χ0v) is 15.3. The van der Waals surface area contributed by atoms with Crippen LogP contribution in [0.15, 0.2) is 41.3 Å². The molecule has 0 radical (unpaired) electrons. The third kappa shape index (κ3) is 3.35. The van der Waals surface area contributed by atoms with E-state index in [-0.39, 0.29) is 17.0 Å². The predicted octanol–water partition coefficient (Wildman–Crippen LogP) is 1.72. The molecule has 1 atom stereocenters. The van der Waals surface area contributed by atoms with Gasteiger partial charge in [-0.05, 0) is 18.6 Å². The number of nitrogens with zero attached hydrogens (tertiary/aromatic N) is 5. The molecule has 1 amide bonds. The lowest BCUT2D eigenvalue weighted by Gasteiger charge is -2.24. The number of hydrogen-bond donors (Lipinski definition) is 1. The Labute approximate surface area is 159 Å². The van der Waals surface area contributed by atoms with Gasteiger partial charge in [0.2, 0.25) is 0 Å². The van der Waals surface area contributed by atoms with E-state index in [9.17, 15) is 9.59 Å². The van der Waals surface area contributed by atoms with E-state index >= 15 is 0 Å². The van der Waals surface area contributed by atoms with Crippen LogP contribution >= 0.6 is 11.6 Å². The molecule has 1 aliphatic heterocycles. The number of aromatic amines is 1. The Hall–Kier alpha value is -3.00. The molecule has 1 N–H and O–H groups in total. The average molecular weight is 385 g/mol. The molecule has 1 fully saturated rings. The van der Waals surface area contributed by atoms with Crippen molar-refractivity contribution in [1.29, 1.82) is 0 Å². The second-order valence-corrected chi connectivity index (χ2v) is 6.86. The molecular formula is C18H17ClN6O2. The van der Waals surface area contributed by atoms with Crippen LogP contribution in [0, 0.1) is 0 Å². The van der Waals surface area contributed by atoms with Crippen LogP contribution in [0.2, 0.25) is 5.02 Å². The molecule has 1 unspecified atom stereocenters. The average Bonchev–Trinajstić information content (AvgIpc) is 3.18. The van der Waals surface area contributed by atoms with E-state index in [4.69, 9.17) is 11.6 Å². The Kier molecular flexibility index (Phi) is 4.49.